The van der Waals surface area contributed by atoms with Gasteiger partial charge in [-0.25, -0.2) is 19.2 Å². The average Bonchev–Trinajstić information content (AvgIpc) is 3.26. The van der Waals surface area contributed by atoms with Crippen LogP contribution in [0.25, 0.3) is 22.2 Å². The zero-order valence-electron chi connectivity index (χ0n) is 18.2. The molecule has 1 aromatic carbocycles. The number of fused-ring (bicyclic) bond motifs is 1. The molecule has 0 saturated carbocycles. The molecule has 174 valence electrons. The Balaban J connectivity index is 1.64. The molecule has 1 saturated heterocycles. The standard InChI is InChI=1S/C22H22F4N6O/c1-11-6-17(23)18(30-21(33)32-5-4-14(10-32)22(24,25)26)8-15(11)16-7-13-9-28-20(27-3)31-19(13)29-12(16)2/h6-9,14H,4-5,10H2,1-3H3,(H,30,33)(H,27,28,29,31)/t14-/m0/s1. The number of aromatic nitrogens is 3. The Morgan fingerprint density at radius 1 is 1.15 bits per heavy atom. The minimum absolute atomic E-state index is 0.0430. The molecule has 0 radical (unpaired) electrons. The second-order valence-corrected chi connectivity index (χ2v) is 8.03. The number of aryl methyl sites for hydroxylation is 2. The number of anilines is 2. The second kappa shape index (κ2) is 8.45. The van der Waals surface area contributed by atoms with Gasteiger partial charge in [0, 0.05) is 43.0 Å². The van der Waals surface area contributed by atoms with Crippen molar-refractivity contribution in [3.05, 3.63) is 41.5 Å². The third kappa shape index (κ3) is 4.53. The molecule has 0 aliphatic carbocycles. The number of hydrogen-bond donors (Lipinski definition) is 2. The Bertz CT molecular complexity index is 1230. The number of pyridine rings is 1. The van der Waals surface area contributed by atoms with Gasteiger partial charge in [0.15, 0.2) is 5.65 Å². The van der Waals surface area contributed by atoms with E-state index in [1.807, 2.05) is 6.07 Å². The van der Waals surface area contributed by atoms with Crippen molar-refractivity contribution < 1.29 is 22.4 Å². The molecular formula is C22H22F4N6O. The molecule has 1 aliphatic heterocycles. The quantitative estimate of drug-likeness (QED) is 0.541. The number of benzene rings is 1. The molecule has 11 heteroatoms. The van der Waals surface area contributed by atoms with Crippen LogP contribution in [0.15, 0.2) is 24.4 Å². The Morgan fingerprint density at radius 2 is 1.91 bits per heavy atom. The summed E-state index contributed by atoms with van der Waals surface area (Å²) in [5, 5.41) is 5.95. The van der Waals surface area contributed by atoms with Gasteiger partial charge in [0.05, 0.1) is 11.6 Å². The fourth-order valence-corrected chi connectivity index (χ4v) is 3.91. The van der Waals surface area contributed by atoms with Crippen molar-refractivity contribution in [1.82, 2.24) is 19.9 Å². The smallest absolute Gasteiger partial charge is 0.357 e. The molecule has 2 N–H and O–H groups in total. The van der Waals surface area contributed by atoms with Gasteiger partial charge in [-0.2, -0.15) is 18.2 Å². The van der Waals surface area contributed by atoms with Crippen LogP contribution in [0.1, 0.15) is 17.7 Å². The van der Waals surface area contributed by atoms with E-state index in [-0.39, 0.29) is 18.7 Å². The van der Waals surface area contributed by atoms with Gasteiger partial charge in [-0.05, 0) is 49.6 Å². The molecule has 0 spiro atoms. The summed E-state index contributed by atoms with van der Waals surface area (Å²) in [5.41, 5.74) is 2.97. The second-order valence-electron chi connectivity index (χ2n) is 8.03. The number of halogens is 4. The Labute approximate surface area is 187 Å². The number of carbonyl (C=O) groups excluding carboxylic acids is 1. The van der Waals surface area contributed by atoms with Crippen LogP contribution in [0, 0.1) is 25.6 Å². The van der Waals surface area contributed by atoms with Gasteiger partial charge in [-0.1, -0.05) is 0 Å². The van der Waals surface area contributed by atoms with E-state index in [0.29, 0.717) is 39.4 Å². The monoisotopic (exact) mass is 462 g/mol. The molecule has 33 heavy (non-hydrogen) atoms. The Hall–Kier alpha value is -3.50. The largest absolute Gasteiger partial charge is 0.393 e. The fourth-order valence-electron chi connectivity index (χ4n) is 3.91. The van der Waals surface area contributed by atoms with E-state index in [9.17, 15) is 22.4 Å². The fraction of sp³-hybridized carbons (Fsp3) is 0.364. The lowest BCUT2D eigenvalue weighted by Crippen LogP contribution is -2.35. The van der Waals surface area contributed by atoms with Crippen LogP contribution in [0.4, 0.5) is 34.0 Å². The maximum atomic E-state index is 14.6. The van der Waals surface area contributed by atoms with E-state index >= 15 is 0 Å². The average molecular weight is 462 g/mol. The molecule has 1 fully saturated rings. The summed E-state index contributed by atoms with van der Waals surface area (Å²) in [6.45, 7) is 3.03. The van der Waals surface area contributed by atoms with Crippen molar-refractivity contribution in [2.45, 2.75) is 26.4 Å². The molecule has 1 atom stereocenters. The molecule has 0 unspecified atom stereocenters. The number of alkyl halides is 3. The summed E-state index contributed by atoms with van der Waals surface area (Å²) < 4.78 is 53.4. The highest BCUT2D eigenvalue weighted by Gasteiger charge is 2.44. The van der Waals surface area contributed by atoms with Crippen molar-refractivity contribution in [2.24, 2.45) is 5.92 Å². The number of nitrogens with zero attached hydrogens (tertiary/aromatic N) is 4. The minimum Gasteiger partial charge on any atom is -0.357 e. The van der Waals surface area contributed by atoms with Gasteiger partial charge in [-0.15, -0.1) is 0 Å². The number of likely N-dealkylation sites (tertiary alicyclic amines) is 1. The van der Waals surface area contributed by atoms with Crippen molar-refractivity contribution >= 4 is 28.7 Å². The first-order chi connectivity index (χ1) is 15.6. The van der Waals surface area contributed by atoms with Crippen LogP contribution in [-0.2, 0) is 0 Å². The first kappa shape index (κ1) is 22.7. The lowest BCUT2D eigenvalue weighted by Gasteiger charge is -2.20. The molecule has 0 bridgehead atoms. The SMILES string of the molecule is CNc1ncc2cc(-c3cc(NC(=O)N4CC[C@H](C(F)(F)F)C4)c(F)cc3C)c(C)nc2n1. The lowest BCUT2D eigenvalue weighted by molar-refractivity contribution is -0.169. The highest BCUT2D eigenvalue weighted by Crippen LogP contribution is 2.35. The lowest BCUT2D eigenvalue weighted by atomic mass is 9.97. The summed E-state index contributed by atoms with van der Waals surface area (Å²) in [4.78, 5) is 26.6. The highest BCUT2D eigenvalue weighted by molar-refractivity contribution is 5.91. The van der Waals surface area contributed by atoms with Crippen LogP contribution in [0.2, 0.25) is 0 Å². The summed E-state index contributed by atoms with van der Waals surface area (Å²) in [5.74, 6) is -1.82. The third-order valence-electron chi connectivity index (χ3n) is 5.77. The number of amides is 2. The summed E-state index contributed by atoms with van der Waals surface area (Å²) in [6, 6.07) is 3.81. The van der Waals surface area contributed by atoms with E-state index in [1.54, 1.807) is 27.1 Å². The molecule has 3 heterocycles. The number of carbonyl (C=O) groups is 1. The van der Waals surface area contributed by atoms with E-state index in [0.717, 1.165) is 4.90 Å². The number of urea groups is 1. The maximum Gasteiger partial charge on any atom is 0.393 e. The topological polar surface area (TPSA) is 83.0 Å². The number of nitrogens with one attached hydrogen (secondary N) is 2. The maximum absolute atomic E-state index is 14.6. The number of rotatable bonds is 3. The van der Waals surface area contributed by atoms with Crippen molar-refractivity contribution in [2.75, 3.05) is 30.8 Å². The molecular weight excluding hydrogens is 440 g/mol. The first-order valence-electron chi connectivity index (χ1n) is 10.3. The summed E-state index contributed by atoms with van der Waals surface area (Å²) in [7, 11) is 1.70. The zero-order chi connectivity index (χ0) is 23.9. The molecule has 7 nitrogen and oxygen atoms in total. The molecule has 4 rings (SSSR count). The number of hydrogen-bond acceptors (Lipinski definition) is 5. The summed E-state index contributed by atoms with van der Waals surface area (Å²) >= 11 is 0. The van der Waals surface area contributed by atoms with Crippen LogP contribution in [-0.4, -0.2) is 52.2 Å². The Morgan fingerprint density at radius 3 is 2.58 bits per heavy atom. The first-order valence-corrected chi connectivity index (χ1v) is 10.3. The van der Waals surface area contributed by atoms with Gasteiger partial charge >= 0.3 is 12.2 Å². The summed E-state index contributed by atoms with van der Waals surface area (Å²) in [6.07, 6.45) is -2.91. The van der Waals surface area contributed by atoms with Crippen LogP contribution >= 0.6 is 0 Å². The van der Waals surface area contributed by atoms with Gasteiger partial charge in [0.25, 0.3) is 0 Å². The molecule has 1 aliphatic rings. The predicted octanol–water partition coefficient (Wildman–Crippen LogP) is 4.91. The van der Waals surface area contributed by atoms with E-state index in [1.165, 1.54) is 12.1 Å². The van der Waals surface area contributed by atoms with Crippen LogP contribution in [0.5, 0.6) is 0 Å². The zero-order valence-corrected chi connectivity index (χ0v) is 18.2. The van der Waals surface area contributed by atoms with E-state index in [4.69, 9.17) is 0 Å². The third-order valence-corrected chi connectivity index (χ3v) is 5.77. The Kier molecular flexibility index (Phi) is 5.81. The molecule has 2 amide bonds. The van der Waals surface area contributed by atoms with Crippen molar-refractivity contribution in [1.29, 1.82) is 0 Å². The minimum atomic E-state index is -4.37. The van der Waals surface area contributed by atoms with Gasteiger partial charge < -0.3 is 15.5 Å². The normalized spacial score (nSPS) is 16.3. The molecule has 2 aromatic heterocycles. The van der Waals surface area contributed by atoms with Gasteiger partial charge in [0.1, 0.15) is 5.82 Å². The van der Waals surface area contributed by atoms with Crippen LogP contribution < -0.4 is 10.6 Å². The van der Waals surface area contributed by atoms with Crippen molar-refractivity contribution in [3.8, 4) is 11.1 Å². The predicted molar refractivity (Wildman–Crippen MR) is 117 cm³/mol. The van der Waals surface area contributed by atoms with E-state index < -0.39 is 30.5 Å². The van der Waals surface area contributed by atoms with Crippen LogP contribution in [0.3, 0.4) is 0 Å². The van der Waals surface area contributed by atoms with Crippen molar-refractivity contribution in [3.63, 3.8) is 0 Å². The van der Waals surface area contributed by atoms with E-state index in [2.05, 4.69) is 25.6 Å². The highest BCUT2D eigenvalue weighted by atomic mass is 19.4. The van der Waals surface area contributed by atoms with Gasteiger partial charge in [-0.3, -0.25) is 0 Å². The molecule has 3 aromatic rings. The van der Waals surface area contributed by atoms with Gasteiger partial charge in [0.2, 0.25) is 5.95 Å².